The lowest BCUT2D eigenvalue weighted by Crippen LogP contribution is -2.36. The molecular formula is C11H13NO2S2. The summed E-state index contributed by atoms with van der Waals surface area (Å²) < 4.78 is 2.29. The summed E-state index contributed by atoms with van der Waals surface area (Å²) in [4.78, 5) is 12.5. The first-order valence-electron chi connectivity index (χ1n) is 5.13. The third kappa shape index (κ3) is 2.26. The molecule has 0 saturated carbocycles. The van der Waals surface area contributed by atoms with Gasteiger partial charge in [0.25, 0.3) is 5.91 Å². The molecule has 0 aliphatic heterocycles. The van der Waals surface area contributed by atoms with E-state index in [9.17, 15) is 4.79 Å². The average Bonchev–Trinajstić information content (AvgIpc) is 2.85. The number of aliphatic hydroxyl groups excluding tert-OH is 1. The molecule has 2 aromatic heterocycles. The van der Waals surface area contributed by atoms with Gasteiger partial charge in [0.2, 0.25) is 0 Å². The summed E-state index contributed by atoms with van der Waals surface area (Å²) in [5, 5.41) is 13.8. The Hall–Kier alpha value is -0.910. The molecule has 0 spiro atoms. The summed E-state index contributed by atoms with van der Waals surface area (Å²) in [6, 6.07) is 3.78. The molecule has 0 radical (unpaired) electrons. The van der Waals surface area contributed by atoms with E-state index in [1.54, 1.807) is 11.3 Å². The molecule has 16 heavy (non-hydrogen) atoms. The Morgan fingerprint density at radius 3 is 3.00 bits per heavy atom. The second-order valence-corrected chi connectivity index (χ2v) is 5.55. The summed E-state index contributed by atoms with van der Waals surface area (Å²) in [6.07, 6.45) is 0.738. The predicted octanol–water partition coefficient (Wildman–Crippen LogP) is 2.46. The number of nitrogens with one attached hydrogen (secondary N) is 1. The molecule has 0 bridgehead atoms. The van der Waals surface area contributed by atoms with Gasteiger partial charge in [-0.05, 0) is 23.9 Å². The minimum atomic E-state index is -0.146. The van der Waals surface area contributed by atoms with Crippen LogP contribution >= 0.6 is 22.7 Å². The lowest BCUT2D eigenvalue weighted by atomic mass is 10.2. The van der Waals surface area contributed by atoms with Crippen molar-refractivity contribution in [1.82, 2.24) is 5.32 Å². The van der Waals surface area contributed by atoms with E-state index in [0.717, 1.165) is 15.8 Å². The highest BCUT2D eigenvalue weighted by atomic mass is 32.1. The number of aliphatic hydroxyl groups is 1. The predicted molar refractivity (Wildman–Crippen MR) is 68.3 cm³/mol. The van der Waals surface area contributed by atoms with Gasteiger partial charge in [0.05, 0.1) is 17.5 Å². The highest BCUT2D eigenvalue weighted by Crippen LogP contribution is 2.29. The van der Waals surface area contributed by atoms with Gasteiger partial charge in [-0.15, -0.1) is 22.7 Å². The van der Waals surface area contributed by atoms with Crippen LogP contribution in [0.25, 0.3) is 9.40 Å². The van der Waals surface area contributed by atoms with Gasteiger partial charge >= 0.3 is 0 Å². The van der Waals surface area contributed by atoms with Crippen LogP contribution in [0.15, 0.2) is 17.5 Å². The normalized spacial score (nSPS) is 12.9. The molecule has 2 heterocycles. The fourth-order valence-electron chi connectivity index (χ4n) is 1.41. The molecule has 0 aliphatic carbocycles. The van der Waals surface area contributed by atoms with E-state index in [0.29, 0.717) is 4.88 Å². The smallest absolute Gasteiger partial charge is 0.261 e. The van der Waals surface area contributed by atoms with Crippen LogP contribution in [-0.4, -0.2) is 23.7 Å². The Morgan fingerprint density at radius 2 is 2.38 bits per heavy atom. The standard InChI is InChI=1S/C11H13NO2S2/c1-2-7(6-13)12-11(14)10-5-9-8(16-10)3-4-15-9/h3-5,7,13H,2,6H2,1H3,(H,12,14)/t7-/m0/s1. The van der Waals surface area contributed by atoms with E-state index in [1.807, 2.05) is 24.4 Å². The Balaban J connectivity index is 2.12. The zero-order valence-corrected chi connectivity index (χ0v) is 10.5. The molecule has 1 amide bonds. The lowest BCUT2D eigenvalue weighted by Gasteiger charge is -2.12. The lowest BCUT2D eigenvalue weighted by molar-refractivity contribution is 0.0919. The molecule has 0 aromatic carbocycles. The van der Waals surface area contributed by atoms with E-state index in [4.69, 9.17) is 5.11 Å². The van der Waals surface area contributed by atoms with Crippen LogP contribution in [0.1, 0.15) is 23.0 Å². The summed E-state index contributed by atoms with van der Waals surface area (Å²) in [7, 11) is 0. The van der Waals surface area contributed by atoms with Gasteiger partial charge in [-0.25, -0.2) is 0 Å². The van der Waals surface area contributed by atoms with E-state index >= 15 is 0 Å². The van der Waals surface area contributed by atoms with Crippen molar-refractivity contribution in [1.29, 1.82) is 0 Å². The number of carbonyl (C=O) groups excluding carboxylic acids is 1. The maximum atomic E-state index is 11.8. The van der Waals surface area contributed by atoms with Gasteiger partial charge in [0.15, 0.2) is 0 Å². The van der Waals surface area contributed by atoms with Crippen molar-refractivity contribution in [2.24, 2.45) is 0 Å². The number of hydrogen-bond donors (Lipinski definition) is 2. The molecule has 2 N–H and O–H groups in total. The average molecular weight is 255 g/mol. The zero-order chi connectivity index (χ0) is 11.5. The summed E-state index contributed by atoms with van der Waals surface area (Å²) in [5.74, 6) is -0.0886. The van der Waals surface area contributed by atoms with Crippen LogP contribution in [0.3, 0.4) is 0 Å². The van der Waals surface area contributed by atoms with Crippen molar-refractivity contribution >= 4 is 38.0 Å². The first kappa shape index (κ1) is 11.6. The number of amides is 1. The molecule has 86 valence electrons. The second kappa shape index (κ2) is 4.95. The quantitative estimate of drug-likeness (QED) is 0.881. The Kier molecular flexibility index (Phi) is 3.58. The zero-order valence-electron chi connectivity index (χ0n) is 8.90. The first-order chi connectivity index (χ1) is 7.74. The van der Waals surface area contributed by atoms with Crippen LogP contribution in [0.4, 0.5) is 0 Å². The fourth-order valence-corrected chi connectivity index (χ4v) is 3.42. The van der Waals surface area contributed by atoms with Gasteiger partial charge in [0.1, 0.15) is 0 Å². The largest absolute Gasteiger partial charge is 0.394 e. The molecule has 2 aromatic rings. The third-order valence-corrected chi connectivity index (χ3v) is 4.50. The van der Waals surface area contributed by atoms with E-state index in [1.165, 1.54) is 11.3 Å². The van der Waals surface area contributed by atoms with Crippen molar-refractivity contribution in [3.05, 3.63) is 22.4 Å². The maximum Gasteiger partial charge on any atom is 0.261 e. The van der Waals surface area contributed by atoms with Crippen LogP contribution in [0.2, 0.25) is 0 Å². The molecule has 2 rings (SSSR count). The Morgan fingerprint density at radius 1 is 1.56 bits per heavy atom. The van der Waals surface area contributed by atoms with E-state index < -0.39 is 0 Å². The monoisotopic (exact) mass is 255 g/mol. The number of carbonyl (C=O) groups is 1. The summed E-state index contributed by atoms with van der Waals surface area (Å²) in [5.41, 5.74) is 0. The van der Waals surface area contributed by atoms with Crippen molar-refractivity contribution < 1.29 is 9.90 Å². The van der Waals surface area contributed by atoms with Crippen molar-refractivity contribution in [2.75, 3.05) is 6.61 Å². The van der Waals surface area contributed by atoms with Crippen LogP contribution in [0, 0.1) is 0 Å². The molecular weight excluding hydrogens is 242 g/mol. The maximum absolute atomic E-state index is 11.8. The van der Waals surface area contributed by atoms with Crippen LogP contribution < -0.4 is 5.32 Å². The highest BCUT2D eigenvalue weighted by molar-refractivity contribution is 7.27. The van der Waals surface area contributed by atoms with Gasteiger partial charge in [0, 0.05) is 9.40 Å². The van der Waals surface area contributed by atoms with E-state index in [-0.39, 0.29) is 18.6 Å². The molecule has 0 unspecified atom stereocenters. The van der Waals surface area contributed by atoms with Gasteiger partial charge < -0.3 is 10.4 Å². The third-order valence-electron chi connectivity index (χ3n) is 2.41. The molecule has 1 atom stereocenters. The minimum Gasteiger partial charge on any atom is -0.394 e. The number of thiophene rings is 2. The second-order valence-electron chi connectivity index (χ2n) is 3.52. The molecule has 0 saturated heterocycles. The van der Waals surface area contributed by atoms with Crippen LogP contribution in [0.5, 0.6) is 0 Å². The number of rotatable bonds is 4. The number of fused-ring (bicyclic) bond motifs is 1. The van der Waals surface area contributed by atoms with E-state index in [2.05, 4.69) is 5.32 Å². The van der Waals surface area contributed by atoms with Gasteiger partial charge in [-0.1, -0.05) is 6.92 Å². The van der Waals surface area contributed by atoms with Gasteiger partial charge in [-0.3, -0.25) is 4.79 Å². The molecule has 5 heteroatoms. The van der Waals surface area contributed by atoms with Crippen molar-refractivity contribution in [3.8, 4) is 0 Å². The SMILES string of the molecule is CC[C@@H](CO)NC(=O)c1cc2sccc2s1. The molecule has 0 aliphatic rings. The topological polar surface area (TPSA) is 49.3 Å². The number of hydrogen-bond acceptors (Lipinski definition) is 4. The Labute approximate surface area is 102 Å². The van der Waals surface area contributed by atoms with Crippen molar-refractivity contribution in [3.63, 3.8) is 0 Å². The Bertz CT molecular complexity index is 456. The van der Waals surface area contributed by atoms with Gasteiger partial charge in [-0.2, -0.15) is 0 Å². The molecule has 0 fully saturated rings. The van der Waals surface area contributed by atoms with Crippen molar-refractivity contribution in [2.45, 2.75) is 19.4 Å². The molecule has 3 nitrogen and oxygen atoms in total. The fraction of sp³-hybridized carbons (Fsp3) is 0.364. The van der Waals surface area contributed by atoms with Crippen LogP contribution in [-0.2, 0) is 0 Å². The summed E-state index contributed by atoms with van der Waals surface area (Å²) in [6.45, 7) is 1.93. The minimum absolute atomic E-state index is 0.0119. The first-order valence-corrected chi connectivity index (χ1v) is 6.83. The summed E-state index contributed by atoms with van der Waals surface area (Å²) >= 11 is 3.13. The highest BCUT2D eigenvalue weighted by Gasteiger charge is 2.14.